The normalized spacial score (nSPS) is 12.1. The molecule has 1 aromatic carbocycles. The number of unbranched alkanes of at least 4 members (excludes halogenated alkanes) is 2. The van der Waals surface area contributed by atoms with Crippen molar-refractivity contribution in [1.82, 2.24) is 5.32 Å². The zero-order chi connectivity index (χ0) is 10.9. The van der Waals surface area contributed by atoms with Crippen LogP contribution >= 0.6 is 0 Å². The summed E-state index contributed by atoms with van der Waals surface area (Å²) in [6.45, 7) is 2.19. The maximum Gasteiger partial charge on any atom is 0.207 e. The average molecular weight is 205 g/mol. The van der Waals surface area contributed by atoms with Gasteiger partial charge in [0, 0.05) is 0 Å². The molecule has 0 aliphatic rings. The van der Waals surface area contributed by atoms with E-state index in [9.17, 15) is 4.79 Å². The van der Waals surface area contributed by atoms with Crippen LogP contribution in [0.3, 0.4) is 0 Å². The molecule has 0 aliphatic heterocycles. The van der Waals surface area contributed by atoms with Crippen LogP contribution in [-0.4, -0.2) is 6.41 Å². The molecule has 0 fully saturated rings. The summed E-state index contributed by atoms with van der Waals surface area (Å²) in [5.41, 5.74) is 1.20. The largest absolute Gasteiger partial charge is 0.352 e. The lowest BCUT2D eigenvalue weighted by Gasteiger charge is -2.16. The van der Waals surface area contributed by atoms with Gasteiger partial charge in [0.1, 0.15) is 0 Å². The highest BCUT2D eigenvalue weighted by atomic mass is 16.1. The van der Waals surface area contributed by atoms with Gasteiger partial charge in [-0.15, -0.1) is 0 Å². The fourth-order valence-electron chi connectivity index (χ4n) is 1.71. The summed E-state index contributed by atoms with van der Waals surface area (Å²) < 4.78 is 0. The van der Waals surface area contributed by atoms with Gasteiger partial charge < -0.3 is 5.32 Å². The summed E-state index contributed by atoms with van der Waals surface area (Å²) in [6.07, 6.45) is 5.42. The van der Waals surface area contributed by atoms with Gasteiger partial charge in [0.2, 0.25) is 6.41 Å². The number of rotatable bonds is 7. The van der Waals surface area contributed by atoms with E-state index in [0.717, 1.165) is 19.3 Å². The van der Waals surface area contributed by atoms with E-state index >= 15 is 0 Å². The molecular weight excluding hydrogens is 186 g/mol. The van der Waals surface area contributed by atoms with E-state index in [-0.39, 0.29) is 6.04 Å². The SMILES string of the molecule is CCCCCC(NC=O)c1ccccc1. The number of carbonyl (C=O) groups is 1. The van der Waals surface area contributed by atoms with Crippen molar-refractivity contribution in [2.75, 3.05) is 0 Å². The van der Waals surface area contributed by atoms with Crippen LogP contribution in [0.4, 0.5) is 0 Å². The molecule has 2 heteroatoms. The average Bonchev–Trinajstić information content (AvgIpc) is 2.29. The van der Waals surface area contributed by atoms with Crippen molar-refractivity contribution in [3.8, 4) is 0 Å². The summed E-state index contributed by atoms with van der Waals surface area (Å²) in [5, 5.41) is 2.88. The molecule has 0 spiro atoms. The van der Waals surface area contributed by atoms with Gasteiger partial charge in [0.25, 0.3) is 0 Å². The molecule has 1 unspecified atom stereocenters. The molecule has 0 heterocycles. The number of carbonyl (C=O) groups excluding carboxylic acids is 1. The molecule has 1 rings (SSSR count). The van der Waals surface area contributed by atoms with Crippen LogP contribution in [0.25, 0.3) is 0 Å². The predicted octanol–water partition coefficient (Wildman–Crippen LogP) is 3.05. The van der Waals surface area contributed by atoms with E-state index in [1.54, 1.807) is 0 Å². The Kier molecular flexibility index (Phi) is 5.52. The van der Waals surface area contributed by atoms with Crippen molar-refractivity contribution in [3.05, 3.63) is 35.9 Å². The maximum absolute atomic E-state index is 10.5. The lowest BCUT2D eigenvalue weighted by Crippen LogP contribution is -2.19. The van der Waals surface area contributed by atoms with Gasteiger partial charge in [-0.3, -0.25) is 4.79 Å². The van der Waals surface area contributed by atoms with Crippen LogP contribution in [0.5, 0.6) is 0 Å². The van der Waals surface area contributed by atoms with Crippen molar-refractivity contribution >= 4 is 6.41 Å². The molecule has 0 saturated heterocycles. The zero-order valence-corrected chi connectivity index (χ0v) is 9.28. The minimum atomic E-state index is 0.176. The van der Waals surface area contributed by atoms with Gasteiger partial charge >= 0.3 is 0 Å². The summed E-state index contributed by atoms with van der Waals surface area (Å²) in [5.74, 6) is 0. The van der Waals surface area contributed by atoms with Crippen molar-refractivity contribution in [2.24, 2.45) is 0 Å². The van der Waals surface area contributed by atoms with Crippen LogP contribution in [0.15, 0.2) is 30.3 Å². The Morgan fingerprint density at radius 3 is 2.60 bits per heavy atom. The molecule has 15 heavy (non-hydrogen) atoms. The van der Waals surface area contributed by atoms with Crippen LogP contribution < -0.4 is 5.32 Å². The fourth-order valence-corrected chi connectivity index (χ4v) is 1.71. The maximum atomic E-state index is 10.5. The van der Waals surface area contributed by atoms with E-state index in [4.69, 9.17) is 0 Å². The molecule has 2 nitrogen and oxygen atoms in total. The smallest absolute Gasteiger partial charge is 0.207 e. The summed E-state index contributed by atoms with van der Waals surface area (Å²) in [7, 11) is 0. The highest BCUT2D eigenvalue weighted by Crippen LogP contribution is 2.18. The van der Waals surface area contributed by atoms with Gasteiger partial charge in [0.15, 0.2) is 0 Å². The Morgan fingerprint density at radius 1 is 1.27 bits per heavy atom. The molecule has 0 radical (unpaired) electrons. The van der Waals surface area contributed by atoms with E-state index in [1.807, 2.05) is 18.2 Å². The third kappa shape index (κ3) is 4.15. The standard InChI is InChI=1S/C13H19NO/c1-2-3-5-10-13(14-11-15)12-8-6-4-7-9-12/h4,6-9,11,13H,2-3,5,10H2,1H3,(H,14,15). The van der Waals surface area contributed by atoms with Crippen LogP contribution in [-0.2, 0) is 4.79 Å². The van der Waals surface area contributed by atoms with E-state index in [1.165, 1.54) is 18.4 Å². The van der Waals surface area contributed by atoms with Gasteiger partial charge in [-0.1, -0.05) is 56.5 Å². The predicted molar refractivity (Wildman–Crippen MR) is 62.5 cm³/mol. The Hall–Kier alpha value is -1.31. The Morgan fingerprint density at radius 2 is 2.00 bits per heavy atom. The molecular formula is C13H19NO. The minimum absolute atomic E-state index is 0.176. The van der Waals surface area contributed by atoms with Gasteiger partial charge in [-0.05, 0) is 12.0 Å². The number of amides is 1. The molecule has 0 aromatic heterocycles. The van der Waals surface area contributed by atoms with Gasteiger partial charge in [-0.2, -0.15) is 0 Å². The minimum Gasteiger partial charge on any atom is -0.352 e. The number of hydrogen-bond donors (Lipinski definition) is 1. The first kappa shape index (κ1) is 11.8. The Bertz CT molecular complexity index is 271. The lowest BCUT2D eigenvalue weighted by molar-refractivity contribution is -0.110. The van der Waals surface area contributed by atoms with Crippen molar-refractivity contribution in [1.29, 1.82) is 0 Å². The number of benzene rings is 1. The Labute approximate surface area is 91.7 Å². The van der Waals surface area contributed by atoms with Crippen LogP contribution in [0.2, 0.25) is 0 Å². The molecule has 0 bridgehead atoms. The summed E-state index contributed by atoms with van der Waals surface area (Å²) in [6, 6.07) is 10.3. The van der Waals surface area contributed by atoms with Crippen molar-refractivity contribution in [3.63, 3.8) is 0 Å². The second kappa shape index (κ2) is 7.04. The topological polar surface area (TPSA) is 29.1 Å². The third-order valence-electron chi connectivity index (χ3n) is 2.57. The lowest BCUT2D eigenvalue weighted by atomic mass is 10.0. The van der Waals surface area contributed by atoms with E-state index < -0.39 is 0 Å². The highest BCUT2D eigenvalue weighted by molar-refractivity contribution is 5.47. The molecule has 1 atom stereocenters. The second-order valence-corrected chi connectivity index (χ2v) is 3.74. The Balaban J connectivity index is 2.53. The monoisotopic (exact) mass is 205 g/mol. The van der Waals surface area contributed by atoms with E-state index in [2.05, 4.69) is 24.4 Å². The zero-order valence-electron chi connectivity index (χ0n) is 9.28. The first-order chi connectivity index (χ1) is 7.38. The third-order valence-corrected chi connectivity index (χ3v) is 2.57. The molecule has 1 N–H and O–H groups in total. The second-order valence-electron chi connectivity index (χ2n) is 3.74. The first-order valence-electron chi connectivity index (χ1n) is 5.63. The van der Waals surface area contributed by atoms with Crippen molar-refractivity contribution < 1.29 is 4.79 Å². The van der Waals surface area contributed by atoms with E-state index in [0.29, 0.717) is 0 Å². The number of hydrogen-bond acceptors (Lipinski definition) is 1. The fraction of sp³-hybridized carbons (Fsp3) is 0.462. The molecule has 1 aromatic rings. The molecule has 0 saturated carbocycles. The molecule has 82 valence electrons. The molecule has 0 aliphatic carbocycles. The summed E-state index contributed by atoms with van der Waals surface area (Å²) >= 11 is 0. The molecule has 1 amide bonds. The van der Waals surface area contributed by atoms with Gasteiger partial charge in [-0.25, -0.2) is 0 Å². The summed E-state index contributed by atoms with van der Waals surface area (Å²) in [4.78, 5) is 10.5. The highest BCUT2D eigenvalue weighted by Gasteiger charge is 2.08. The first-order valence-corrected chi connectivity index (χ1v) is 5.63. The van der Waals surface area contributed by atoms with Crippen LogP contribution in [0, 0.1) is 0 Å². The van der Waals surface area contributed by atoms with Crippen molar-refractivity contribution in [2.45, 2.75) is 38.6 Å². The quantitative estimate of drug-likeness (QED) is 0.538. The van der Waals surface area contributed by atoms with Crippen LogP contribution in [0.1, 0.15) is 44.2 Å². The number of nitrogens with one attached hydrogen (secondary N) is 1. The van der Waals surface area contributed by atoms with Gasteiger partial charge in [0.05, 0.1) is 6.04 Å².